The first-order valence-corrected chi connectivity index (χ1v) is 8.53. The van der Waals surface area contributed by atoms with Gasteiger partial charge in [-0.1, -0.05) is 26.0 Å². The minimum atomic E-state index is 0.566. The van der Waals surface area contributed by atoms with E-state index in [-0.39, 0.29) is 0 Å². The van der Waals surface area contributed by atoms with Crippen LogP contribution in [0.2, 0.25) is 0 Å². The minimum Gasteiger partial charge on any atom is -0.494 e. The zero-order chi connectivity index (χ0) is 15.1. The van der Waals surface area contributed by atoms with Crippen molar-refractivity contribution in [3.63, 3.8) is 0 Å². The van der Waals surface area contributed by atoms with E-state index in [2.05, 4.69) is 45.2 Å². The van der Waals surface area contributed by atoms with Gasteiger partial charge in [0.15, 0.2) is 0 Å². The Hall–Kier alpha value is -1.06. The highest BCUT2D eigenvalue weighted by Gasteiger charge is 2.18. The molecule has 3 heteroatoms. The lowest BCUT2D eigenvalue weighted by atomic mass is 10.0. The molecule has 1 fully saturated rings. The van der Waals surface area contributed by atoms with Crippen LogP contribution in [0.1, 0.15) is 38.2 Å². The normalized spacial score (nSPS) is 22.5. The molecule has 1 heterocycles. The van der Waals surface area contributed by atoms with E-state index in [1.807, 2.05) is 0 Å². The molecule has 1 saturated heterocycles. The number of nitrogens with one attached hydrogen (secondary N) is 2. The van der Waals surface area contributed by atoms with Gasteiger partial charge in [0.25, 0.3) is 0 Å². The van der Waals surface area contributed by atoms with E-state index in [0.717, 1.165) is 18.8 Å². The molecule has 2 rings (SSSR count). The molecule has 1 aromatic rings. The quantitative estimate of drug-likeness (QED) is 0.696. The number of hydrogen-bond acceptors (Lipinski definition) is 1. The molecule has 21 heavy (non-hydrogen) atoms. The average Bonchev–Trinajstić information content (AvgIpc) is 2.49. The third-order valence-corrected chi connectivity index (χ3v) is 4.53. The Morgan fingerprint density at radius 1 is 1.10 bits per heavy atom. The van der Waals surface area contributed by atoms with Gasteiger partial charge in [0.1, 0.15) is 31.9 Å². The van der Waals surface area contributed by atoms with Gasteiger partial charge in [-0.2, -0.15) is 0 Å². The van der Waals surface area contributed by atoms with E-state index in [9.17, 15) is 0 Å². The van der Waals surface area contributed by atoms with Crippen molar-refractivity contribution in [2.75, 3.05) is 46.4 Å². The second kappa shape index (κ2) is 8.40. The molecule has 0 bridgehead atoms. The third kappa shape index (κ3) is 5.68. The molecular weight excluding hydrogens is 260 g/mol. The number of ether oxygens (including phenoxy) is 1. The molecule has 0 atom stereocenters. The summed E-state index contributed by atoms with van der Waals surface area (Å²) in [6.07, 6.45) is 2.44. The second-order valence-electron chi connectivity index (χ2n) is 6.74. The zero-order valence-corrected chi connectivity index (χ0v) is 14.0. The molecule has 0 saturated carbocycles. The van der Waals surface area contributed by atoms with Crippen molar-refractivity contribution < 1.29 is 14.5 Å². The maximum atomic E-state index is 5.89. The summed E-state index contributed by atoms with van der Waals surface area (Å²) in [6, 6.07) is 8.52. The molecular formula is C18H32N2O+2. The molecule has 1 aliphatic rings. The maximum absolute atomic E-state index is 5.89. The van der Waals surface area contributed by atoms with Crippen LogP contribution in [-0.4, -0.2) is 46.4 Å². The van der Waals surface area contributed by atoms with E-state index in [4.69, 9.17) is 4.74 Å². The fourth-order valence-electron chi connectivity index (χ4n) is 2.91. The van der Waals surface area contributed by atoms with Crippen LogP contribution in [0.25, 0.3) is 0 Å². The van der Waals surface area contributed by atoms with Crippen LogP contribution in [0.3, 0.4) is 0 Å². The fraction of sp³-hybridized carbons (Fsp3) is 0.667. The average molecular weight is 292 g/mol. The Morgan fingerprint density at radius 2 is 1.86 bits per heavy atom. The van der Waals surface area contributed by atoms with Crippen molar-refractivity contribution in [3.05, 3.63) is 29.8 Å². The highest BCUT2D eigenvalue weighted by Crippen LogP contribution is 2.20. The van der Waals surface area contributed by atoms with Gasteiger partial charge in [-0.3, -0.25) is 0 Å². The summed E-state index contributed by atoms with van der Waals surface area (Å²) in [5, 5.41) is 0. The molecule has 0 aliphatic carbocycles. The Morgan fingerprint density at radius 3 is 2.57 bits per heavy atom. The summed E-state index contributed by atoms with van der Waals surface area (Å²) < 4.78 is 5.89. The number of unbranched alkanes of at least 4 members (excludes halogenated alkanes) is 1. The Kier molecular flexibility index (Phi) is 6.52. The minimum absolute atomic E-state index is 0.566. The lowest BCUT2D eigenvalue weighted by Gasteiger charge is -2.27. The van der Waals surface area contributed by atoms with Crippen molar-refractivity contribution in [1.82, 2.24) is 0 Å². The first-order chi connectivity index (χ1) is 10.1. The van der Waals surface area contributed by atoms with E-state index in [0.29, 0.717) is 5.92 Å². The second-order valence-corrected chi connectivity index (χ2v) is 6.74. The van der Waals surface area contributed by atoms with Crippen molar-refractivity contribution in [3.8, 4) is 5.75 Å². The van der Waals surface area contributed by atoms with Gasteiger partial charge < -0.3 is 14.5 Å². The molecule has 0 aromatic heterocycles. The Balaban J connectivity index is 1.60. The largest absolute Gasteiger partial charge is 0.494 e. The third-order valence-electron chi connectivity index (χ3n) is 4.53. The molecule has 1 aliphatic heterocycles. The summed E-state index contributed by atoms with van der Waals surface area (Å²) in [5.74, 6) is 1.59. The number of rotatable bonds is 7. The SMILES string of the molecule is CC(C)c1cccc(OCCCC[NH+]2CC[NH+](C)CC2)c1. The van der Waals surface area contributed by atoms with Crippen LogP contribution in [-0.2, 0) is 0 Å². The van der Waals surface area contributed by atoms with Crippen LogP contribution in [0.4, 0.5) is 0 Å². The summed E-state index contributed by atoms with van der Waals surface area (Å²) in [6.45, 7) is 11.9. The van der Waals surface area contributed by atoms with Gasteiger partial charge >= 0.3 is 0 Å². The smallest absolute Gasteiger partial charge is 0.127 e. The number of quaternary nitrogens is 2. The van der Waals surface area contributed by atoms with Crippen LogP contribution in [0, 0.1) is 0 Å². The van der Waals surface area contributed by atoms with Gasteiger partial charge in [0.05, 0.1) is 20.2 Å². The van der Waals surface area contributed by atoms with Gasteiger partial charge in [0, 0.05) is 0 Å². The van der Waals surface area contributed by atoms with Crippen molar-refractivity contribution in [2.24, 2.45) is 0 Å². The summed E-state index contributed by atoms with van der Waals surface area (Å²) in [4.78, 5) is 3.47. The van der Waals surface area contributed by atoms with Crippen LogP contribution in [0.15, 0.2) is 24.3 Å². The summed E-state index contributed by atoms with van der Waals surface area (Å²) >= 11 is 0. The molecule has 1 aromatic carbocycles. The molecule has 0 radical (unpaired) electrons. The monoisotopic (exact) mass is 292 g/mol. The number of piperazine rings is 1. The van der Waals surface area contributed by atoms with Gasteiger partial charge in [-0.15, -0.1) is 0 Å². The lowest BCUT2D eigenvalue weighted by molar-refractivity contribution is -1.00. The predicted molar refractivity (Wildman–Crippen MR) is 87.4 cm³/mol. The summed E-state index contributed by atoms with van der Waals surface area (Å²) in [5.41, 5.74) is 1.36. The fourth-order valence-corrected chi connectivity index (χ4v) is 2.91. The number of likely N-dealkylation sites (N-methyl/N-ethyl adjacent to an activating group) is 1. The van der Waals surface area contributed by atoms with Crippen LogP contribution in [0.5, 0.6) is 5.75 Å². The van der Waals surface area contributed by atoms with E-state index in [1.54, 1.807) is 9.80 Å². The van der Waals surface area contributed by atoms with E-state index < -0.39 is 0 Å². The van der Waals surface area contributed by atoms with E-state index >= 15 is 0 Å². The van der Waals surface area contributed by atoms with Gasteiger partial charge in [-0.05, 0) is 36.5 Å². The summed E-state index contributed by atoms with van der Waals surface area (Å²) in [7, 11) is 2.30. The van der Waals surface area contributed by atoms with Crippen LogP contribution >= 0.6 is 0 Å². The zero-order valence-electron chi connectivity index (χ0n) is 14.0. The van der Waals surface area contributed by atoms with Crippen molar-refractivity contribution in [2.45, 2.75) is 32.6 Å². The van der Waals surface area contributed by atoms with Crippen LogP contribution < -0.4 is 14.5 Å². The highest BCUT2D eigenvalue weighted by atomic mass is 16.5. The maximum Gasteiger partial charge on any atom is 0.127 e. The van der Waals surface area contributed by atoms with E-state index in [1.165, 1.54) is 44.7 Å². The van der Waals surface area contributed by atoms with Gasteiger partial charge in [0.2, 0.25) is 0 Å². The lowest BCUT2D eigenvalue weighted by Crippen LogP contribution is -3.27. The predicted octanol–water partition coefficient (Wildman–Crippen LogP) is 0.382. The molecule has 2 N–H and O–H groups in total. The van der Waals surface area contributed by atoms with Gasteiger partial charge in [-0.25, -0.2) is 0 Å². The highest BCUT2D eigenvalue weighted by molar-refractivity contribution is 5.30. The number of hydrogen-bond donors (Lipinski definition) is 2. The first-order valence-electron chi connectivity index (χ1n) is 8.53. The Labute approximate surface area is 129 Å². The Bertz CT molecular complexity index is 411. The molecule has 0 spiro atoms. The van der Waals surface area contributed by atoms with Crippen molar-refractivity contribution in [1.29, 1.82) is 0 Å². The van der Waals surface area contributed by atoms with Crippen molar-refractivity contribution >= 4 is 0 Å². The number of benzene rings is 1. The molecule has 0 unspecified atom stereocenters. The molecule has 118 valence electrons. The first kappa shape index (κ1) is 16.3. The molecule has 0 amide bonds. The topological polar surface area (TPSA) is 18.1 Å². The molecule has 3 nitrogen and oxygen atoms in total. The standard InChI is InChI=1S/C18H30N2O/c1-16(2)17-7-6-8-18(15-17)21-14-5-4-9-20-12-10-19(3)11-13-20/h6-8,15-16H,4-5,9-14H2,1-3H3/p+2.